The fourth-order valence-corrected chi connectivity index (χ4v) is 7.07. The fourth-order valence-electron chi connectivity index (χ4n) is 7.07. The number of hydrogen-bond donors (Lipinski definition) is 17. The van der Waals surface area contributed by atoms with Crippen molar-refractivity contribution in [3.63, 3.8) is 0 Å². The summed E-state index contributed by atoms with van der Waals surface area (Å²) < 4.78 is 0. The van der Waals surface area contributed by atoms with Gasteiger partial charge in [0.05, 0.1) is 45.1 Å². The number of amides is 10. The van der Waals surface area contributed by atoms with Crippen LogP contribution in [-0.2, 0) is 67.1 Å². The highest BCUT2D eigenvalue weighted by Crippen LogP contribution is 2.20. The van der Waals surface area contributed by atoms with Crippen LogP contribution >= 0.6 is 0 Å². The smallest absolute Gasteiger partial charge is 0.326 e. The lowest BCUT2D eigenvalue weighted by molar-refractivity contribution is -0.145. The summed E-state index contributed by atoms with van der Waals surface area (Å²) in [5, 5.41) is 84.7. The van der Waals surface area contributed by atoms with E-state index in [-0.39, 0.29) is 31.7 Å². The number of carboxylic acids is 4. The van der Waals surface area contributed by atoms with Crippen molar-refractivity contribution >= 4 is 82.9 Å². The highest BCUT2D eigenvalue weighted by molar-refractivity contribution is 6.00. The first-order valence-corrected chi connectivity index (χ1v) is 23.0. The molecule has 0 spiro atoms. The van der Waals surface area contributed by atoms with E-state index in [0.717, 1.165) is 4.90 Å². The SMILES string of the molecule is CC(C)C[C@H](NC(=O)[C@@H](N)CC(N)=O)C(=O)N[C@@H](CO)C(=O)N1CCC[C@H]1C(=O)N[C@@H](CC(=O)O)C(=O)N[C@@H](CO)C(=O)N[C@@H](CC(=O)O)C(=O)N[C@@H](CCC(=O)O)C(=O)N[C@@H](CO)C(=O)N[C@H](C(=O)O)C(C)C. The summed E-state index contributed by atoms with van der Waals surface area (Å²) in [5.41, 5.74) is 10.8. The van der Waals surface area contributed by atoms with Crippen molar-refractivity contribution in [1.82, 2.24) is 47.4 Å². The third-order valence-corrected chi connectivity index (χ3v) is 10.9. The Morgan fingerprint density at radius 2 is 0.946 bits per heavy atom. The van der Waals surface area contributed by atoms with E-state index >= 15 is 0 Å². The van der Waals surface area contributed by atoms with Gasteiger partial charge in [-0.2, -0.15) is 0 Å². The molecule has 0 unspecified atom stereocenters. The van der Waals surface area contributed by atoms with E-state index in [9.17, 15) is 103 Å². The van der Waals surface area contributed by atoms with Crippen LogP contribution in [0.2, 0.25) is 0 Å². The molecular weight excluding hydrogens is 995 g/mol. The van der Waals surface area contributed by atoms with E-state index < -0.39 is 201 Å². The number of carboxylic acid groups (broad SMARTS) is 4. The molecule has 10 amide bonds. The van der Waals surface area contributed by atoms with Gasteiger partial charge < -0.3 is 94.6 Å². The van der Waals surface area contributed by atoms with Gasteiger partial charge in [0.25, 0.3) is 0 Å². The van der Waals surface area contributed by atoms with Crippen LogP contribution in [0.1, 0.15) is 79.1 Å². The van der Waals surface area contributed by atoms with E-state index in [1.807, 2.05) is 21.3 Å². The predicted octanol–water partition coefficient (Wildman–Crippen LogP) is -8.36. The summed E-state index contributed by atoms with van der Waals surface area (Å²) in [6, 6.07) is -17.6. The van der Waals surface area contributed by atoms with Crippen LogP contribution in [0.3, 0.4) is 0 Å². The van der Waals surface area contributed by atoms with E-state index in [1.54, 1.807) is 13.8 Å². The molecule has 19 N–H and O–H groups in total. The largest absolute Gasteiger partial charge is 0.481 e. The Morgan fingerprint density at radius 3 is 1.39 bits per heavy atom. The maximum atomic E-state index is 13.7. The topological polar surface area (TPSA) is 532 Å². The highest BCUT2D eigenvalue weighted by Gasteiger charge is 2.41. The zero-order valence-electron chi connectivity index (χ0n) is 40.9. The molecule has 10 atom stereocenters. The van der Waals surface area contributed by atoms with Crippen molar-refractivity contribution in [2.45, 2.75) is 139 Å². The maximum Gasteiger partial charge on any atom is 0.326 e. The number of aliphatic carboxylic acids is 4. The summed E-state index contributed by atoms with van der Waals surface area (Å²) in [4.78, 5) is 178. The van der Waals surface area contributed by atoms with Crippen LogP contribution in [0.5, 0.6) is 0 Å². The Balaban J connectivity index is 3.29. The van der Waals surface area contributed by atoms with E-state index in [4.69, 9.17) is 11.5 Å². The van der Waals surface area contributed by atoms with Gasteiger partial charge in [-0.3, -0.25) is 62.3 Å². The van der Waals surface area contributed by atoms with Gasteiger partial charge in [-0.05, 0) is 37.5 Å². The predicted molar refractivity (Wildman–Crippen MR) is 247 cm³/mol. The number of carbonyl (C=O) groups is 14. The molecule has 32 heteroatoms. The lowest BCUT2D eigenvalue weighted by Crippen LogP contribution is -2.61. The second kappa shape index (κ2) is 31.1. The standard InChI is InChI=1S/C42H67N11O21/c1-17(2)10-21(46-33(64)19(43)11-28(44)57)35(66)51-26(16-56)41(72)53-9-5-6-27(53)40(71)48-23(13-31(62)63)37(68)50-24(14-54)38(69)47-22(12-30(60)61)36(67)45-20(7-8-29(58)59)34(65)49-25(15-55)39(70)52-32(18(3)4)42(73)74/h17-27,32,54-56H,5-16,43H2,1-4H3,(H2,44,57)(H,45,67)(H,46,64)(H,47,69)(H,48,71)(H,49,65)(H,50,68)(H,51,66)(H,52,70)(H,58,59)(H,60,61)(H,62,63)(H,73,74)/t19-,20-,21-,22-,23-,24-,25-,26-,27-,32-/m0/s1. The number of likely N-dealkylation sites (tertiary alicyclic amines) is 1. The van der Waals surface area contributed by atoms with Crippen molar-refractivity contribution in [1.29, 1.82) is 0 Å². The molecule has 0 radical (unpaired) electrons. The lowest BCUT2D eigenvalue weighted by Gasteiger charge is -2.30. The minimum Gasteiger partial charge on any atom is -0.481 e. The number of nitrogens with one attached hydrogen (secondary N) is 8. The Bertz CT molecular complexity index is 2090. The van der Waals surface area contributed by atoms with E-state index in [0.29, 0.717) is 0 Å². The number of nitrogens with two attached hydrogens (primary N) is 2. The molecule has 416 valence electrons. The van der Waals surface area contributed by atoms with Gasteiger partial charge in [-0.1, -0.05) is 27.7 Å². The average molecular weight is 1060 g/mol. The lowest BCUT2D eigenvalue weighted by atomic mass is 10.0. The molecule has 0 aromatic rings. The first kappa shape index (κ1) is 64.4. The molecule has 1 fully saturated rings. The molecule has 0 aliphatic carbocycles. The van der Waals surface area contributed by atoms with Crippen LogP contribution in [0.25, 0.3) is 0 Å². The molecule has 32 nitrogen and oxygen atoms in total. The van der Waals surface area contributed by atoms with Crippen LogP contribution in [0.15, 0.2) is 0 Å². The van der Waals surface area contributed by atoms with Gasteiger partial charge in [0.1, 0.15) is 54.4 Å². The number of rotatable bonds is 33. The first-order chi connectivity index (χ1) is 34.5. The Hall–Kier alpha value is -7.58. The molecule has 1 aliphatic heterocycles. The van der Waals surface area contributed by atoms with Gasteiger partial charge in [0.2, 0.25) is 59.1 Å². The van der Waals surface area contributed by atoms with Crippen molar-refractivity contribution in [3.8, 4) is 0 Å². The first-order valence-electron chi connectivity index (χ1n) is 23.0. The summed E-state index contributed by atoms with van der Waals surface area (Å²) in [7, 11) is 0. The number of aliphatic hydroxyl groups excluding tert-OH is 3. The third-order valence-electron chi connectivity index (χ3n) is 10.9. The minimum atomic E-state index is -2.18. The molecule has 1 aliphatic rings. The summed E-state index contributed by atoms with van der Waals surface area (Å²) in [5.74, 6) is -19.2. The Labute approximate surface area is 421 Å². The van der Waals surface area contributed by atoms with Crippen molar-refractivity contribution in [2.24, 2.45) is 23.3 Å². The number of carbonyl (C=O) groups excluding carboxylic acids is 10. The minimum absolute atomic E-state index is 0.000893. The molecular formula is C42H67N11O21. The second-order valence-electron chi connectivity index (χ2n) is 17.8. The molecule has 1 rings (SSSR count). The Kier molecular flexibility index (Phi) is 27.1. The van der Waals surface area contributed by atoms with Crippen LogP contribution in [0.4, 0.5) is 0 Å². The molecule has 0 bridgehead atoms. The van der Waals surface area contributed by atoms with Crippen LogP contribution in [0, 0.1) is 11.8 Å². The zero-order chi connectivity index (χ0) is 56.7. The molecule has 0 saturated carbocycles. The zero-order valence-corrected chi connectivity index (χ0v) is 40.9. The second-order valence-corrected chi connectivity index (χ2v) is 17.8. The number of primary amides is 1. The molecule has 0 aromatic carbocycles. The van der Waals surface area contributed by atoms with Gasteiger partial charge in [0.15, 0.2) is 0 Å². The average Bonchev–Trinajstić information content (AvgIpc) is 3.80. The third kappa shape index (κ3) is 21.6. The van der Waals surface area contributed by atoms with E-state index in [2.05, 4.69) is 21.3 Å². The van der Waals surface area contributed by atoms with Gasteiger partial charge in [-0.25, -0.2) is 4.79 Å². The Morgan fingerprint density at radius 1 is 0.527 bits per heavy atom. The molecule has 1 saturated heterocycles. The number of aliphatic hydroxyl groups is 3. The normalized spacial score (nSPS) is 16.8. The number of hydrogen-bond acceptors (Lipinski definition) is 18. The summed E-state index contributed by atoms with van der Waals surface area (Å²) >= 11 is 0. The highest BCUT2D eigenvalue weighted by atomic mass is 16.4. The van der Waals surface area contributed by atoms with Crippen LogP contribution in [-0.4, -0.2) is 210 Å². The van der Waals surface area contributed by atoms with Crippen molar-refractivity contribution in [3.05, 3.63) is 0 Å². The monoisotopic (exact) mass is 1060 g/mol. The fraction of sp³-hybridized carbons (Fsp3) is 0.667. The quantitative estimate of drug-likeness (QED) is 0.0290. The maximum absolute atomic E-state index is 13.7. The van der Waals surface area contributed by atoms with Crippen molar-refractivity contribution < 1.29 is 103 Å². The van der Waals surface area contributed by atoms with Gasteiger partial charge in [-0.15, -0.1) is 0 Å². The van der Waals surface area contributed by atoms with Crippen LogP contribution < -0.4 is 54.0 Å². The van der Waals surface area contributed by atoms with E-state index in [1.165, 1.54) is 13.8 Å². The summed E-state index contributed by atoms with van der Waals surface area (Å²) in [6.45, 7) is 2.66. The summed E-state index contributed by atoms with van der Waals surface area (Å²) in [6.07, 6.45) is -4.51. The van der Waals surface area contributed by atoms with Crippen molar-refractivity contribution in [2.75, 3.05) is 26.4 Å². The molecule has 1 heterocycles. The molecule has 0 aromatic heterocycles. The van der Waals surface area contributed by atoms with Gasteiger partial charge >= 0.3 is 23.9 Å². The van der Waals surface area contributed by atoms with Gasteiger partial charge in [0, 0.05) is 13.0 Å². The number of nitrogens with zero attached hydrogens (tertiary/aromatic N) is 1. The molecule has 74 heavy (non-hydrogen) atoms.